The van der Waals surface area contributed by atoms with E-state index in [0.717, 1.165) is 18.4 Å². The van der Waals surface area contributed by atoms with Gasteiger partial charge in [-0.15, -0.1) is 0 Å². The number of anilines is 1. The van der Waals surface area contributed by atoms with Crippen LogP contribution in [0.2, 0.25) is 5.02 Å². The maximum Gasteiger partial charge on any atom is 0.409 e. The van der Waals surface area contributed by atoms with Gasteiger partial charge in [0.2, 0.25) is 0 Å². The summed E-state index contributed by atoms with van der Waals surface area (Å²) in [5.74, 6) is -0.197. The van der Waals surface area contributed by atoms with Crippen molar-refractivity contribution in [1.29, 1.82) is 0 Å². The first kappa shape index (κ1) is 28.5. The molecule has 0 bridgehead atoms. The maximum atomic E-state index is 14.9. The van der Waals surface area contributed by atoms with Gasteiger partial charge < -0.3 is 15.0 Å². The number of nitrogens with one attached hydrogen (secondary N) is 1. The fraction of sp³-hybridized carbons (Fsp3) is 0.367. The van der Waals surface area contributed by atoms with E-state index in [2.05, 4.69) is 15.3 Å². The van der Waals surface area contributed by atoms with Gasteiger partial charge in [0, 0.05) is 24.8 Å². The van der Waals surface area contributed by atoms with Crippen molar-refractivity contribution < 1.29 is 13.9 Å². The third-order valence-electron chi connectivity index (χ3n) is 7.08. The molecule has 11 heteroatoms. The van der Waals surface area contributed by atoms with Gasteiger partial charge in [-0.2, -0.15) is 4.98 Å². The molecule has 0 radical (unpaired) electrons. The molecule has 214 valence electrons. The van der Waals surface area contributed by atoms with E-state index in [0.29, 0.717) is 36.5 Å². The Morgan fingerprint density at radius 3 is 2.68 bits per heavy atom. The summed E-state index contributed by atoms with van der Waals surface area (Å²) in [6.07, 6.45) is 3.09. The Hall–Kier alpha value is -4.05. The number of amides is 1. The lowest BCUT2D eigenvalue weighted by Gasteiger charge is -2.39. The Labute approximate surface area is 242 Å². The molecule has 0 unspecified atom stereocenters. The molecule has 4 heterocycles. The van der Waals surface area contributed by atoms with Gasteiger partial charge in [-0.1, -0.05) is 50.9 Å². The molecule has 5 rings (SSSR count). The molecule has 1 fully saturated rings. The SMILES string of the molecule is CCCCOC(=O)N1CC(Nc2nc(=O)n(-c3c(C)ccnc3C(C)C)c3nc(-c4ccccc4F)c(Cl)cc23)C1. The number of aryl methyl sites for hydroxylation is 1. The number of unbranched alkanes of at least 4 members (excludes halogenated alkanes) is 1. The van der Waals surface area contributed by atoms with Crippen LogP contribution in [0.5, 0.6) is 0 Å². The summed E-state index contributed by atoms with van der Waals surface area (Å²) in [5.41, 5.74) is 2.22. The van der Waals surface area contributed by atoms with E-state index < -0.39 is 11.5 Å². The third kappa shape index (κ3) is 5.61. The summed E-state index contributed by atoms with van der Waals surface area (Å²) in [6.45, 7) is 9.08. The number of halogens is 2. The van der Waals surface area contributed by atoms with Gasteiger partial charge in [-0.25, -0.2) is 23.5 Å². The lowest BCUT2D eigenvalue weighted by Crippen LogP contribution is -2.57. The number of hydrogen-bond donors (Lipinski definition) is 1. The van der Waals surface area contributed by atoms with Crippen LogP contribution < -0.4 is 11.0 Å². The second kappa shape index (κ2) is 11.8. The molecule has 1 aliphatic heterocycles. The lowest BCUT2D eigenvalue weighted by atomic mass is 10.0. The molecule has 1 N–H and O–H groups in total. The van der Waals surface area contributed by atoms with E-state index in [1.807, 2.05) is 33.8 Å². The molecule has 0 spiro atoms. The van der Waals surface area contributed by atoms with Crippen LogP contribution >= 0.6 is 11.6 Å². The van der Waals surface area contributed by atoms with Gasteiger partial charge in [-0.05, 0) is 49.1 Å². The van der Waals surface area contributed by atoms with E-state index in [1.165, 1.54) is 10.6 Å². The van der Waals surface area contributed by atoms with Crippen molar-refractivity contribution in [3.05, 3.63) is 75.2 Å². The van der Waals surface area contributed by atoms with Crippen molar-refractivity contribution in [3.8, 4) is 16.9 Å². The number of pyridine rings is 2. The molecule has 0 saturated carbocycles. The quantitative estimate of drug-likeness (QED) is 0.252. The van der Waals surface area contributed by atoms with Gasteiger partial charge in [0.15, 0.2) is 5.65 Å². The first-order valence-electron chi connectivity index (χ1n) is 13.7. The molecule has 0 aliphatic carbocycles. The minimum absolute atomic E-state index is 0.000955. The van der Waals surface area contributed by atoms with E-state index in [1.54, 1.807) is 35.4 Å². The Balaban J connectivity index is 1.62. The van der Waals surface area contributed by atoms with Crippen molar-refractivity contribution in [2.24, 2.45) is 0 Å². The van der Waals surface area contributed by atoms with Crippen LogP contribution in [0.15, 0.2) is 47.4 Å². The number of benzene rings is 1. The molecule has 1 saturated heterocycles. The van der Waals surface area contributed by atoms with Crippen molar-refractivity contribution >= 4 is 34.5 Å². The summed E-state index contributed by atoms with van der Waals surface area (Å²) in [5, 5.41) is 3.97. The summed E-state index contributed by atoms with van der Waals surface area (Å²) in [7, 11) is 0. The molecule has 1 aromatic carbocycles. The van der Waals surface area contributed by atoms with Crippen molar-refractivity contribution in [1.82, 2.24) is 24.4 Å². The summed E-state index contributed by atoms with van der Waals surface area (Å²) in [6, 6.07) is 9.53. The molecule has 4 aromatic rings. The van der Waals surface area contributed by atoms with Crippen molar-refractivity contribution in [2.45, 2.75) is 52.5 Å². The topological polar surface area (TPSA) is 102 Å². The first-order chi connectivity index (χ1) is 19.7. The Kier molecular flexibility index (Phi) is 8.21. The normalized spacial score (nSPS) is 13.5. The fourth-order valence-corrected chi connectivity index (χ4v) is 5.12. The smallest absolute Gasteiger partial charge is 0.409 e. The lowest BCUT2D eigenvalue weighted by molar-refractivity contribution is 0.0748. The van der Waals surface area contributed by atoms with E-state index in [4.69, 9.17) is 21.3 Å². The number of rotatable bonds is 8. The molecule has 1 aliphatic rings. The van der Waals surface area contributed by atoms with Crippen LogP contribution in [-0.4, -0.2) is 56.3 Å². The number of nitrogens with zero attached hydrogens (tertiary/aromatic N) is 5. The Morgan fingerprint density at radius 2 is 1.98 bits per heavy atom. The Morgan fingerprint density at radius 1 is 1.22 bits per heavy atom. The van der Waals surface area contributed by atoms with E-state index in [9.17, 15) is 14.0 Å². The maximum absolute atomic E-state index is 14.9. The van der Waals surface area contributed by atoms with Crippen LogP contribution in [0.25, 0.3) is 28.0 Å². The molecule has 1 amide bonds. The summed E-state index contributed by atoms with van der Waals surface area (Å²) < 4.78 is 21.6. The number of fused-ring (bicyclic) bond motifs is 1. The Bertz CT molecular complexity index is 1670. The van der Waals surface area contributed by atoms with E-state index in [-0.39, 0.29) is 45.8 Å². The first-order valence-corrected chi connectivity index (χ1v) is 14.1. The molecule has 41 heavy (non-hydrogen) atoms. The van der Waals surface area contributed by atoms with Crippen LogP contribution in [0.1, 0.15) is 50.8 Å². The minimum atomic E-state index is -0.567. The number of carbonyl (C=O) groups excluding carboxylic acids is 1. The third-order valence-corrected chi connectivity index (χ3v) is 7.37. The summed E-state index contributed by atoms with van der Waals surface area (Å²) in [4.78, 5) is 41.3. The van der Waals surface area contributed by atoms with Crippen molar-refractivity contribution in [2.75, 3.05) is 25.0 Å². The predicted molar refractivity (Wildman–Crippen MR) is 157 cm³/mol. The number of aromatic nitrogens is 4. The zero-order chi connectivity index (χ0) is 29.3. The van der Waals surface area contributed by atoms with Gasteiger partial charge in [-0.3, -0.25) is 4.98 Å². The highest BCUT2D eigenvalue weighted by Gasteiger charge is 2.33. The second-order valence-electron chi connectivity index (χ2n) is 10.5. The molecular weight excluding hydrogens is 547 g/mol. The molecular formula is C30H32ClFN6O3. The monoisotopic (exact) mass is 578 g/mol. The largest absolute Gasteiger partial charge is 0.449 e. The van der Waals surface area contributed by atoms with Crippen LogP contribution in [0, 0.1) is 12.7 Å². The average molecular weight is 579 g/mol. The highest BCUT2D eigenvalue weighted by Crippen LogP contribution is 2.35. The zero-order valence-corrected chi connectivity index (χ0v) is 24.2. The summed E-state index contributed by atoms with van der Waals surface area (Å²) >= 11 is 6.69. The van der Waals surface area contributed by atoms with Crippen molar-refractivity contribution in [3.63, 3.8) is 0 Å². The number of likely N-dealkylation sites (tertiary alicyclic amines) is 1. The number of ether oxygens (including phenoxy) is 1. The minimum Gasteiger partial charge on any atom is -0.449 e. The molecule has 3 aromatic heterocycles. The highest BCUT2D eigenvalue weighted by molar-refractivity contribution is 6.33. The van der Waals surface area contributed by atoms with Gasteiger partial charge in [0.05, 0.1) is 40.1 Å². The standard InChI is InChI=1S/C30H32ClFN6O3/c1-5-6-13-41-30(40)37-15-19(16-37)34-27-21-14-22(31)25(20-9-7-8-10-23(20)32)35-28(21)38(29(39)36-27)26-18(4)11-12-33-24(26)17(2)3/h7-12,14,17,19H,5-6,13,15-16H2,1-4H3,(H,34,36,39). The van der Waals surface area contributed by atoms with Crippen LogP contribution in [0.4, 0.5) is 15.0 Å². The highest BCUT2D eigenvalue weighted by atomic mass is 35.5. The molecule has 9 nitrogen and oxygen atoms in total. The van der Waals surface area contributed by atoms with Crippen LogP contribution in [0.3, 0.4) is 0 Å². The number of carbonyl (C=O) groups is 1. The zero-order valence-electron chi connectivity index (χ0n) is 23.4. The fourth-order valence-electron chi connectivity index (χ4n) is 4.87. The van der Waals surface area contributed by atoms with Gasteiger partial charge in [0.25, 0.3) is 0 Å². The number of hydrogen-bond acceptors (Lipinski definition) is 7. The predicted octanol–water partition coefficient (Wildman–Crippen LogP) is 6.10. The van der Waals surface area contributed by atoms with Crippen LogP contribution in [-0.2, 0) is 4.74 Å². The van der Waals surface area contributed by atoms with Gasteiger partial charge in [0.1, 0.15) is 11.6 Å². The molecule has 0 atom stereocenters. The van der Waals surface area contributed by atoms with E-state index >= 15 is 0 Å². The second-order valence-corrected chi connectivity index (χ2v) is 10.9. The van der Waals surface area contributed by atoms with Gasteiger partial charge >= 0.3 is 11.8 Å². The average Bonchev–Trinajstić information content (AvgIpc) is 2.91.